The van der Waals surface area contributed by atoms with Crippen molar-refractivity contribution in [3.63, 3.8) is 0 Å². The van der Waals surface area contributed by atoms with Crippen LogP contribution in [0.4, 0.5) is 10.1 Å². The van der Waals surface area contributed by atoms with Crippen LogP contribution in [0.2, 0.25) is 0 Å². The van der Waals surface area contributed by atoms with Crippen LogP contribution in [0.5, 0.6) is 0 Å². The highest BCUT2D eigenvalue weighted by atomic mass is 19.1. The van der Waals surface area contributed by atoms with Gasteiger partial charge in [0.05, 0.1) is 24.4 Å². The minimum Gasteiger partial charge on any atom is -0.374 e. The Morgan fingerprint density at radius 3 is 2.95 bits per heavy atom. The first-order valence-electron chi connectivity index (χ1n) is 7.16. The van der Waals surface area contributed by atoms with Crippen molar-refractivity contribution in [2.75, 3.05) is 18.1 Å². The maximum atomic E-state index is 14.2. The van der Waals surface area contributed by atoms with E-state index in [1.54, 1.807) is 6.07 Å². The second-order valence-electron chi connectivity index (χ2n) is 5.44. The average molecular weight is 264 g/mol. The van der Waals surface area contributed by atoms with Crippen LogP contribution >= 0.6 is 0 Å². The van der Waals surface area contributed by atoms with Crippen LogP contribution in [-0.4, -0.2) is 25.3 Å². The smallest absolute Gasteiger partial charge is 0.146 e. The van der Waals surface area contributed by atoms with Gasteiger partial charge in [0.15, 0.2) is 0 Å². The van der Waals surface area contributed by atoms with Gasteiger partial charge in [-0.05, 0) is 30.5 Å². The topological polar surface area (TPSA) is 38.5 Å². The van der Waals surface area contributed by atoms with Crippen molar-refractivity contribution in [1.82, 2.24) is 0 Å². The van der Waals surface area contributed by atoms with Crippen molar-refractivity contribution in [2.45, 2.75) is 44.4 Å². The van der Waals surface area contributed by atoms with Gasteiger partial charge in [-0.15, -0.1) is 0 Å². The first kappa shape index (κ1) is 12.9. The number of ether oxygens (including phenoxy) is 1. The van der Waals surface area contributed by atoms with Gasteiger partial charge in [0.25, 0.3) is 0 Å². The number of hydrogen-bond donors (Lipinski definition) is 1. The predicted octanol–water partition coefficient (Wildman–Crippen LogP) is 2.43. The Hall–Kier alpha value is -1.13. The van der Waals surface area contributed by atoms with Gasteiger partial charge in [0, 0.05) is 13.1 Å². The second-order valence-corrected chi connectivity index (χ2v) is 5.44. The summed E-state index contributed by atoms with van der Waals surface area (Å²) in [4.78, 5) is 2.20. The molecule has 1 heterocycles. The van der Waals surface area contributed by atoms with Gasteiger partial charge in [-0.25, -0.2) is 4.39 Å². The standard InChI is InChI=1S/C15H21FN2O/c16-12-9-11(10-17)5-6-13(12)18-7-8-19-15-4-2-1-3-14(15)18/h5-6,9,14-15H,1-4,7-8,10,17H2. The van der Waals surface area contributed by atoms with Gasteiger partial charge in [-0.1, -0.05) is 18.9 Å². The van der Waals surface area contributed by atoms with E-state index in [2.05, 4.69) is 4.90 Å². The highest BCUT2D eigenvalue weighted by molar-refractivity contribution is 5.51. The van der Waals surface area contributed by atoms with Crippen molar-refractivity contribution in [3.05, 3.63) is 29.6 Å². The van der Waals surface area contributed by atoms with E-state index in [4.69, 9.17) is 10.5 Å². The highest BCUT2D eigenvalue weighted by Crippen LogP contribution is 2.33. The summed E-state index contributed by atoms with van der Waals surface area (Å²) < 4.78 is 20.1. The third-order valence-corrected chi connectivity index (χ3v) is 4.29. The molecular weight excluding hydrogens is 243 g/mol. The number of fused-ring (bicyclic) bond motifs is 1. The molecule has 1 aromatic rings. The van der Waals surface area contributed by atoms with Gasteiger partial charge in [0.1, 0.15) is 5.82 Å². The molecule has 0 amide bonds. The SMILES string of the molecule is NCc1ccc(N2CCOC3CCCCC32)c(F)c1. The van der Waals surface area contributed by atoms with E-state index in [1.165, 1.54) is 12.8 Å². The molecule has 4 heteroatoms. The molecule has 0 bridgehead atoms. The summed E-state index contributed by atoms with van der Waals surface area (Å²) in [6, 6.07) is 5.68. The summed E-state index contributed by atoms with van der Waals surface area (Å²) in [5, 5.41) is 0. The third kappa shape index (κ3) is 2.47. The van der Waals surface area contributed by atoms with E-state index in [9.17, 15) is 4.39 Å². The third-order valence-electron chi connectivity index (χ3n) is 4.29. The summed E-state index contributed by atoms with van der Waals surface area (Å²) in [7, 11) is 0. The fourth-order valence-corrected chi connectivity index (χ4v) is 3.31. The first-order chi connectivity index (χ1) is 9.29. The largest absolute Gasteiger partial charge is 0.374 e. The molecule has 0 spiro atoms. The Morgan fingerprint density at radius 2 is 2.16 bits per heavy atom. The van der Waals surface area contributed by atoms with Crippen LogP contribution in [0.15, 0.2) is 18.2 Å². The number of nitrogens with zero attached hydrogens (tertiary/aromatic N) is 1. The maximum Gasteiger partial charge on any atom is 0.146 e. The van der Waals surface area contributed by atoms with Crippen molar-refractivity contribution in [2.24, 2.45) is 5.73 Å². The van der Waals surface area contributed by atoms with Crippen molar-refractivity contribution < 1.29 is 9.13 Å². The molecule has 19 heavy (non-hydrogen) atoms. The molecule has 1 aromatic carbocycles. The number of benzene rings is 1. The zero-order valence-electron chi connectivity index (χ0n) is 11.1. The molecule has 2 N–H and O–H groups in total. The minimum absolute atomic E-state index is 0.158. The number of morpholine rings is 1. The minimum atomic E-state index is -0.158. The van der Waals surface area contributed by atoms with Crippen LogP contribution < -0.4 is 10.6 Å². The van der Waals surface area contributed by atoms with Crippen molar-refractivity contribution in [1.29, 1.82) is 0 Å². The maximum absolute atomic E-state index is 14.2. The molecule has 1 aliphatic carbocycles. The van der Waals surface area contributed by atoms with E-state index >= 15 is 0 Å². The summed E-state index contributed by atoms with van der Waals surface area (Å²) >= 11 is 0. The Balaban J connectivity index is 1.87. The van der Waals surface area contributed by atoms with Crippen LogP contribution in [0.3, 0.4) is 0 Å². The lowest BCUT2D eigenvalue weighted by molar-refractivity contribution is -0.00891. The van der Waals surface area contributed by atoms with E-state index in [1.807, 2.05) is 12.1 Å². The molecule has 2 unspecified atom stereocenters. The summed E-state index contributed by atoms with van der Waals surface area (Å²) in [6.45, 7) is 1.85. The lowest BCUT2D eigenvalue weighted by Gasteiger charge is -2.45. The molecule has 3 nitrogen and oxygen atoms in total. The molecule has 1 saturated carbocycles. The number of anilines is 1. The average Bonchev–Trinajstić information content (AvgIpc) is 2.46. The second kappa shape index (κ2) is 5.47. The van der Waals surface area contributed by atoms with E-state index < -0.39 is 0 Å². The molecular formula is C15H21FN2O. The van der Waals surface area contributed by atoms with Gasteiger partial charge < -0.3 is 15.4 Å². The fourth-order valence-electron chi connectivity index (χ4n) is 3.31. The van der Waals surface area contributed by atoms with E-state index in [0.717, 1.165) is 24.9 Å². The molecule has 2 atom stereocenters. The number of halogens is 1. The Bertz CT molecular complexity index is 450. The van der Waals surface area contributed by atoms with E-state index in [-0.39, 0.29) is 11.9 Å². The van der Waals surface area contributed by atoms with Gasteiger partial charge in [-0.2, -0.15) is 0 Å². The van der Waals surface area contributed by atoms with Crippen LogP contribution in [-0.2, 0) is 11.3 Å². The number of rotatable bonds is 2. The summed E-state index contributed by atoms with van der Waals surface area (Å²) in [5.74, 6) is -0.158. The van der Waals surface area contributed by atoms with Gasteiger partial charge in [-0.3, -0.25) is 0 Å². The zero-order valence-corrected chi connectivity index (χ0v) is 11.1. The normalized spacial score (nSPS) is 27.2. The van der Waals surface area contributed by atoms with Crippen LogP contribution in [0, 0.1) is 5.82 Å². The lowest BCUT2D eigenvalue weighted by Crippen LogP contribution is -2.53. The zero-order chi connectivity index (χ0) is 13.2. The van der Waals surface area contributed by atoms with Crippen LogP contribution in [0.1, 0.15) is 31.2 Å². The molecule has 2 aliphatic rings. The number of hydrogen-bond acceptors (Lipinski definition) is 3. The summed E-state index contributed by atoms with van der Waals surface area (Å²) in [6.07, 6.45) is 4.91. The molecule has 0 radical (unpaired) electrons. The Kier molecular flexibility index (Phi) is 3.71. The van der Waals surface area contributed by atoms with Crippen molar-refractivity contribution in [3.8, 4) is 0 Å². The molecule has 104 valence electrons. The molecule has 1 aliphatic heterocycles. The van der Waals surface area contributed by atoms with Crippen molar-refractivity contribution >= 4 is 5.69 Å². The molecule has 2 fully saturated rings. The van der Waals surface area contributed by atoms with Gasteiger partial charge in [0.2, 0.25) is 0 Å². The first-order valence-corrected chi connectivity index (χ1v) is 7.16. The number of nitrogens with two attached hydrogens (primary N) is 1. The highest BCUT2D eigenvalue weighted by Gasteiger charge is 2.35. The van der Waals surface area contributed by atoms with Gasteiger partial charge >= 0.3 is 0 Å². The molecule has 0 aromatic heterocycles. The lowest BCUT2D eigenvalue weighted by atomic mass is 9.89. The fraction of sp³-hybridized carbons (Fsp3) is 0.600. The Morgan fingerprint density at radius 1 is 1.32 bits per heavy atom. The molecule has 1 saturated heterocycles. The summed E-state index contributed by atoms with van der Waals surface area (Å²) in [5.41, 5.74) is 7.10. The Labute approximate surface area is 113 Å². The van der Waals surface area contributed by atoms with Crippen LogP contribution in [0.25, 0.3) is 0 Å². The molecule has 3 rings (SSSR count). The quantitative estimate of drug-likeness (QED) is 0.891. The monoisotopic (exact) mass is 264 g/mol. The predicted molar refractivity (Wildman–Crippen MR) is 73.6 cm³/mol. The van der Waals surface area contributed by atoms with E-state index in [0.29, 0.717) is 24.9 Å².